The molecule has 0 bridgehead atoms. The van der Waals surface area contributed by atoms with Crippen LogP contribution in [-0.4, -0.2) is 32.1 Å². The summed E-state index contributed by atoms with van der Waals surface area (Å²) in [5.74, 6) is 0. The van der Waals surface area contributed by atoms with E-state index in [0.29, 0.717) is 6.54 Å². The van der Waals surface area contributed by atoms with Crippen molar-refractivity contribution in [2.45, 2.75) is 50.5 Å². The third-order valence-electron chi connectivity index (χ3n) is 3.42. The van der Waals surface area contributed by atoms with Crippen molar-refractivity contribution >= 4 is 0 Å². The minimum atomic E-state index is -2.23. The second kappa shape index (κ2) is 6.38. The molecule has 0 atom stereocenters. The fraction of sp³-hybridized carbons (Fsp3) is 1.00. The highest BCUT2D eigenvalue weighted by Gasteiger charge is 2.29. The average molecular weight is 220 g/mol. The second-order valence-electron chi connectivity index (χ2n) is 4.44. The Morgan fingerprint density at radius 2 is 1.87 bits per heavy atom. The predicted molar refractivity (Wildman–Crippen MR) is 58.4 cm³/mol. The molecule has 1 aliphatic rings. The number of halogens is 2. The molecule has 0 aliphatic heterocycles. The van der Waals surface area contributed by atoms with Gasteiger partial charge in [-0.1, -0.05) is 19.3 Å². The number of nitrogens with one attached hydrogen (secondary N) is 2. The van der Waals surface area contributed by atoms with Gasteiger partial charge in [0, 0.05) is 5.54 Å². The van der Waals surface area contributed by atoms with Crippen molar-refractivity contribution in [3.63, 3.8) is 0 Å². The van der Waals surface area contributed by atoms with Crippen LogP contribution in [0.5, 0.6) is 0 Å². The standard InChI is InChI=1S/C11H22F2N2/c1-14-11(5-3-2-4-6-11)7-8-15-9-10(12)13/h10,14-15H,2-9H2,1H3. The van der Waals surface area contributed by atoms with Crippen LogP contribution in [0.4, 0.5) is 8.78 Å². The van der Waals surface area contributed by atoms with Gasteiger partial charge in [0.25, 0.3) is 6.43 Å². The SMILES string of the molecule is CNC1(CCNCC(F)F)CCCCC1. The summed E-state index contributed by atoms with van der Waals surface area (Å²) in [6.07, 6.45) is 4.91. The number of hydrogen-bond donors (Lipinski definition) is 2. The van der Waals surface area contributed by atoms with Gasteiger partial charge in [-0.3, -0.25) is 0 Å². The van der Waals surface area contributed by atoms with Gasteiger partial charge in [-0.2, -0.15) is 0 Å². The molecule has 0 aromatic heterocycles. The van der Waals surface area contributed by atoms with Crippen LogP contribution in [0.2, 0.25) is 0 Å². The van der Waals surface area contributed by atoms with Gasteiger partial charge in [0.2, 0.25) is 0 Å². The fourth-order valence-electron chi connectivity index (χ4n) is 2.39. The molecule has 0 unspecified atom stereocenters. The zero-order chi connectivity index (χ0) is 11.1. The summed E-state index contributed by atoms with van der Waals surface area (Å²) in [4.78, 5) is 0. The lowest BCUT2D eigenvalue weighted by Crippen LogP contribution is -2.46. The van der Waals surface area contributed by atoms with E-state index < -0.39 is 6.43 Å². The monoisotopic (exact) mass is 220 g/mol. The predicted octanol–water partition coefficient (Wildman–Crippen LogP) is 2.15. The van der Waals surface area contributed by atoms with Crippen molar-refractivity contribution < 1.29 is 8.78 Å². The van der Waals surface area contributed by atoms with Gasteiger partial charge < -0.3 is 10.6 Å². The Balaban J connectivity index is 2.20. The molecule has 15 heavy (non-hydrogen) atoms. The highest BCUT2D eigenvalue weighted by Crippen LogP contribution is 2.30. The molecule has 0 aromatic rings. The van der Waals surface area contributed by atoms with E-state index >= 15 is 0 Å². The molecule has 1 fully saturated rings. The van der Waals surface area contributed by atoms with Crippen LogP contribution in [0.25, 0.3) is 0 Å². The van der Waals surface area contributed by atoms with Crippen molar-refractivity contribution in [2.75, 3.05) is 20.1 Å². The summed E-state index contributed by atoms with van der Waals surface area (Å²) < 4.78 is 23.8. The van der Waals surface area contributed by atoms with E-state index in [0.717, 1.165) is 6.42 Å². The van der Waals surface area contributed by atoms with Crippen molar-refractivity contribution in [1.29, 1.82) is 0 Å². The van der Waals surface area contributed by atoms with Crippen LogP contribution in [0.3, 0.4) is 0 Å². The molecule has 2 N–H and O–H groups in total. The molecule has 1 saturated carbocycles. The van der Waals surface area contributed by atoms with Crippen LogP contribution in [0, 0.1) is 0 Å². The van der Waals surface area contributed by atoms with E-state index in [1.165, 1.54) is 32.1 Å². The molecule has 1 aliphatic carbocycles. The maximum atomic E-state index is 11.9. The van der Waals surface area contributed by atoms with E-state index in [4.69, 9.17) is 0 Å². The summed E-state index contributed by atoms with van der Waals surface area (Å²) in [7, 11) is 1.98. The Morgan fingerprint density at radius 3 is 2.40 bits per heavy atom. The van der Waals surface area contributed by atoms with Crippen LogP contribution >= 0.6 is 0 Å². The molecule has 0 aromatic carbocycles. The number of hydrogen-bond acceptors (Lipinski definition) is 2. The zero-order valence-electron chi connectivity index (χ0n) is 9.49. The molecule has 4 heteroatoms. The third kappa shape index (κ3) is 4.43. The summed E-state index contributed by atoms with van der Waals surface area (Å²) in [5.41, 5.74) is 0.202. The molecular weight excluding hydrogens is 198 g/mol. The van der Waals surface area contributed by atoms with Crippen molar-refractivity contribution in [3.8, 4) is 0 Å². The van der Waals surface area contributed by atoms with Crippen LogP contribution < -0.4 is 10.6 Å². The van der Waals surface area contributed by atoms with Gasteiger partial charge in [-0.05, 0) is 32.9 Å². The van der Waals surface area contributed by atoms with E-state index in [2.05, 4.69) is 10.6 Å². The van der Waals surface area contributed by atoms with Crippen LogP contribution in [0.15, 0.2) is 0 Å². The quantitative estimate of drug-likeness (QED) is 0.670. The average Bonchev–Trinajstić information content (AvgIpc) is 2.26. The van der Waals surface area contributed by atoms with E-state index in [1.807, 2.05) is 7.05 Å². The normalized spacial score (nSPS) is 20.8. The lowest BCUT2D eigenvalue weighted by atomic mass is 9.79. The second-order valence-corrected chi connectivity index (χ2v) is 4.44. The Morgan fingerprint density at radius 1 is 1.20 bits per heavy atom. The summed E-state index contributed by atoms with van der Waals surface area (Å²) in [6, 6.07) is 0. The summed E-state index contributed by atoms with van der Waals surface area (Å²) in [5, 5.41) is 6.18. The maximum Gasteiger partial charge on any atom is 0.250 e. The molecule has 0 heterocycles. The molecular formula is C11H22F2N2. The Kier molecular flexibility index (Phi) is 5.47. The molecule has 0 radical (unpaired) electrons. The van der Waals surface area contributed by atoms with Crippen LogP contribution in [-0.2, 0) is 0 Å². The van der Waals surface area contributed by atoms with Crippen molar-refractivity contribution in [2.24, 2.45) is 0 Å². The van der Waals surface area contributed by atoms with Gasteiger partial charge in [0.1, 0.15) is 0 Å². The summed E-state index contributed by atoms with van der Waals surface area (Å²) >= 11 is 0. The Bertz CT molecular complexity index is 168. The van der Waals surface area contributed by atoms with Gasteiger partial charge in [0.15, 0.2) is 0 Å². The first-order valence-electron chi connectivity index (χ1n) is 5.86. The smallest absolute Gasteiger partial charge is 0.250 e. The molecule has 0 spiro atoms. The minimum Gasteiger partial charge on any atom is -0.314 e. The Labute approximate surface area is 90.8 Å². The van der Waals surface area contributed by atoms with Crippen molar-refractivity contribution in [3.05, 3.63) is 0 Å². The maximum absolute atomic E-state index is 11.9. The first-order valence-corrected chi connectivity index (χ1v) is 5.86. The molecule has 1 rings (SSSR count). The van der Waals surface area contributed by atoms with Gasteiger partial charge in [-0.25, -0.2) is 8.78 Å². The van der Waals surface area contributed by atoms with Crippen LogP contribution in [0.1, 0.15) is 38.5 Å². The third-order valence-corrected chi connectivity index (χ3v) is 3.42. The number of rotatable bonds is 6. The van der Waals surface area contributed by atoms with E-state index in [9.17, 15) is 8.78 Å². The molecule has 0 amide bonds. The topological polar surface area (TPSA) is 24.1 Å². The van der Waals surface area contributed by atoms with Crippen molar-refractivity contribution in [1.82, 2.24) is 10.6 Å². The molecule has 90 valence electrons. The van der Waals surface area contributed by atoms with E-state index in [1.54, 1.807) is 0 Å². The molecule has 0 saturated heterocycles. The van der Waals surface area contributed by atoms with Gasteiger partial charge in [0.05, 0.1) is 6.54 Å². The summed E-state index contributed by atoms with van der Waals surface area (Å²) in [6.45, 7) is 0.505. The minimum absolute atomic E-state index is 0.181. The lowest BCUT2D eigenvalue weighted by molar-refractivity contribution is 0.143. The zero-order valence-corrected chi connectivity index (χ0v) is 9.49. The Hall–Kier alpha value is -0.220. The first kappa shape index (κ1) is 12.8. The van der Waals surface area contributed by atoms with E-state index in [-0.39, 0.29) is 12.1 Å². The largest absolute Gasteiger partial charge is 0.314 e. The highest BCUT2D eigenvalue weighted by molar-refractivity contribution is 4.89. The lowest BCUT2D eigenvalue weighted by Gasteiger charge is -2.37. The number of alkyl halides is 2. The fourth-order valence-corrected chi connectivity index (χ4v) is 2.39. The van der Waals surface area contributed by atoms with Gasteiger partial charge >= 0.3 is 0 Å². The molecule has 2 nitrogen and oxygen atoms in total. The van der Waals surface area contributed by atoms with Gasteiger partial charge in [-0.15, -0.1) is 0 Å². The highest BCUT2D eigenvalue weighted by atomic mass is 19.3. The first-order chi connectivity index (χ1) is 7.18.